The monoisotopic (exact) mass is 356 g/mol. The summed E-state index contributed by atoms with van der Waals surface area (Å²) in [7, 11) is 0. The van der Waals surface area contributed by atoms with Gasteiger partial charge in [0.25, 0.3) is 5.56 Å². The predicted octanol–water partition coefficient (Wildman–Crippen LogP) is 3.83. The third-order valence-corrected chi connectivity index (χ3v) is 4.40. The van der Waals surface area contributed by atoms with E-state index in [0.717, 1.165) is 0 Å². The second kappa shape index (κ2) is 6.69. The van der Waals surface area contributed by atoms with Crippen LogP contribution in [0.5, 0.6) is 0 Å². The van der Waals surface area contributed by atoms with Gasteiger partial charge in [0.05, 0.1) is 33.8 Å². The van der Waals surface area contributed by atoms with Crippen LogP contribution in [0.4, 0.5) is 0 Å². The number of benzene rings is 2. The van der Waals surface area contributed by atoms with Crippen molar-refractivity contribution in [2.24, 2.45) is 0 Å². The summed E-state index contributed by atoms with van der Waals surface area (Å²) in [5.41, 5.74) is 2.59. The van der Waals surface area contributed by atoms with Gasteiger partial charge in [0, 0.05) is 0 Å². The van der Waals surface area contributed by atoms with Crippen LogP contribution in [-0.2, 0) is 4.74 Å². The van der Waals surface area contributed by atoms with E-state index in [9.17, 15) is 9.59 Å². The molecule has 2 aromatic carbocycles. The molecule has 6 heteroatoms. The smallest absolute Gasteiger partial charge is 0.338 e. The van der Waals surface area contributed by atoms with Crippen molar-refractivity contribution in [3.63, 3.8) is 0 Å². The van der Waals surface area contributed by atoms with Gasteiger partial charge in [-0.2, -0.15) is 0 Å². The number of para-hydroxylation sites is 1. The van der Waals surface area contributed by atoms with Gasteiger partial charge in [0.2, 0.25) is 0 Å². The summed E-state index contributed by atoms with van der Waals surface area (Å²) in [6.07, 6.45) is 1.43. The third-order valence-electron chi connectivity index (χ3n) is 4.08. The van der Waals surface area contributed by atoms with E-state index in [1.54, 1.807) is 51.1 Å². The molecule has 0 aliphatic carbocycles. The Morgan fingerprint density at radius 3 is 2.68 bits per heavy atom. The molecule has 0 bridgehead atoms. The number of hydrogen-bond acceptors (Lipinski definition) is 4. The lowest BCUT2D eigenvalue weighted by Crippen LogP contribution is -2.20. The summed E-state index contributed by atoms with van der Waals surface area (Å²) in [5.74, 6) is -0.406. The Morgan fingerprint density at radius 2 is 2.00 bits per heavy atom. The maximum Gasteiger partial charge on any atom is 0.338 e. The minimum Gasteiger partial charge on any atom is -0.462 e. The number of halogens is 1. The van der Waals surface area contributed by atoms with Crippen LogP contribution in [0.2, 0.25) is 5.02 Å². The second-order valence-corrected chi connectivity index (χ2v) is 6.09. The summed E-state index contributed by atoms with van der Waals surface area (Å²) >= 11 is 6.20. The van der Waals surface area contributed by atoms with Crippen LogP contribution in [0.25, 0.3) is 16.6 Å². The molecule has 1 aromatic heterocycles. The number of aryl methyl sites for hydroxylation is 2. The predicted molar refractivity (Wildman–Crippen MR) is 97.8 cm³/mol. The molecule has 0 spiro atoms. The number of carbonyl (C=O) groups excluding carboxylic acids is 1. The molecular formula is C19H17ClN2O3. The average molecular weight is 357 g/mol. The van der Waals surface area contributed by atoms with Crippen molar-refractivity contribution in [2.75, 3.05) is 6.61 Å². The Kier molecular flexibility index (Phi) is 4.59. The van der Waals surface area contributed by atoms with Gasteiger partial charge in [-0.1, -0.05) is 23.7 Å². The van der Waals surface area contributed by atoms with Crippen LogP contribution in [0.3, 0.4) is 0 Å². The average Bonchev–Trinajstić information content (AvgIpc) is 2.57. The fourth-order valence-electron chi connectivity index (χ4n) is 2.94. The SMILES string of the molecule is CCOC(=O)c1c(C)cc2c(=O)n(-c3ccccc3Cl)cnc2c1C. The van der Waals surface area contributed by atoms with Crippen molar-refractivity contribution in [3.05, 3.63) is 68.7 Å². The molecule has 0 N–H and O–H groups in total. The van der Waals surface area contributed by atoms with Gasteiger partial charge in [-0.05, 0) is 50.1 Å². The summed E-state index contributed by atoms with van der Waals surface area (Å²) in [6, 6.07) is 8.75. The fourth-order valence-corrected chi connectivity index (χ4v) is 3.16. The Balaban J connectivity index is 2.28. The highest BCUT2D eigenvalue weighted by Gasteiger charge is 2.19. The first-order chi connectivity index (χ1) is 12.0. The zero-order valence-electron chi connectivity index (χ0n) is 14.2. The van der Waals surface area contributed by atoms with Crippen molar-refractivity contribution >= 4 is 28.5 Å². The molecule has 0 radical (unpaired) electrons. The van der Waals surface area contributed by atoms with Gasteiger partial charge in [-0.15, -0.1) is 0 Å². The first-order valence-corrected chi connectivity index (χ1v) is 8.27. The molecule has 3 rings (SSSR count). The molecule has 0 atom stereocenters. The van der Waals surface area contributed by atoms with Gasteiger partial charge >= 0.3 is 5.97 Å². The summed E-state index contributed by atoms with van der Waals surface area (Å²) in [6.45, 7) is 5.60. The third kappa shape index (κ3) is 2.91. The molecule has 128 valence electrons. The largest absolute Gasteiger partial charge is 0.462 e. The Hall–Kier alpha value is -2.66. The quantitative estimate of drug-likeness (QED) is 0.669. The highest BCUT2D eigenvalue weighted by atomic mass is 35.5. The van der Waals surface area contributed by atoms with Gasteiger partial charge in [0.1, 0.15) is 6.33 Å². The first kappa shape index (κ1) is 17.2. The van der Waals surface area contributed by atoms with Crippen LogP contribution >= 0.6 is 11.6 Å². The van der Waals surface area contributed by atoms with Crippen molar-refractivity contribution in [1.82, 2.24) is 9.55 Å². The lowest BCUT2D eigenvalue weighted by molar-refractivity contribution is 0.0525. The number of aromatic nitrogens is 2. The molecule has 0 fully saturated rings. The number of carbonyl (C=O) groups is 1. The van der Waals surface area contributed by atoms with Crippen LogP contribution in [-0.4, -0.2) is 22.1 Å². The number of esters is 1. The molecule has 5 nitrogen and oxygen atoms in total. The Labute approximate surface area is 149 Å². The van der Waals surface area contributed by atoms with Gasteiger partial charge in [0.15, 0.2) is 0 Å². The van der Waals surface area contributed by atoms with Gasteiger partial charge < -0.3 is 4.74 Å². The molecule has 1 heterocycles. The normalized spacial score (nSPS) is 10.9. The van der Waals surface area contributed by atoms with Gasteiger partial charge in [-0.3, -0.25) is 9.36 Å². The summed E-state index contributed by atoms with van der Waals surface area (Å²) in [5, 5.41) is 0.896. The molecule has 0 saturated carbocycles. The summed E-state index contributed by atoms with van der Waals surface area (Å²) < 4.78 is 6.52. The van der Waals surface area contributed by atoms with E-state index in [4.69, 9.17) is 16.3 Å². The molecule has 0 unspecified atom stereocenters. The lowest BCUT2D eigenvalue weighted by Gasteiger charge is -2.13. The minimum absolute atomic E-state index is 0.236. The molecule has 0 amide bonds. The molecule has 0 aliphatic rings. The van der Waals surface area contributed by atoms with E-state index in [1.165, 1.54) is 10.9 Å². The Morgan fingerprint density at radius 1 is 1.28 bits per heavy atom. The molecule has 0 aliphatic heterocycles. The topological polar surface area (TPSA) is 61.2 Å². The Bertz CT molecular complexity index is 1040. The van der Waals surface area contributed by atoms with Crippen molar-refractivity contribution < 1.29 is 9.53 Å². The van der Waals surface area contributed by atoms with Crippen molar-refractivity contribution in [2.45, 2.75) is 20.8 Å². The minimum atomic E-state index is -0.406. The lowest BCUT2D eigenvalue weighted by atomic mass is 9.99. The number of rotatable bonds is 3. The van der Waals surface area contributed by atoms with E-state index in [1.807, 2.05) is 0 Å². The number of hydrogen-bond donors (Lipinski definition) is 0. The molecular weight excluding hydrogens is 340 g/mol. The van der Waals surface area contributed by atoms with E-state index in [2.05, 4.69) is 4.98 Å². The zero-order valence-corrected chi connectivity index (χ0v) is 14.9. The van der Waals surface area contributed by atoms with Crippen molar-refractivity contribution in [3.8, 4) is 5.69 Å². The molecule has 25 heavy (non-hydrogen) atoms. The number of nitrogens with zero attached hydrogens (tertiary/aromatic N) is 2. The summed E-state index contributed by atoms with van der Waals surface area (Å²) in [4.78, 5) is 29.5. The van der Waals surface area contributed by atoms with Crippen LogP contribution < -0.4 is 5.56 Å². The maximum atomic E-state index is 12.9. The highest BCUT2D eigenvalue weighted by Crippen LogP contribution is 2.24. The fraction of sp³-hybridized carbons (Fsp3) is 0.211. The van der Waals surface area contributed by atoms with E-state index in [0.29, 0.717) is 38.3 Å². The first-order valence-electron chi connectivity index (χ1n) is 7.89. The highest BCUT2D eigenvalue weighted by molar-refractivity contribution is 6.32. The van der Waals surface area contributed by atoms with Gasteiger partial charge in [-0.25, -0.2) is 9.78 Å². The molecule has 0 saturated heterocycles. The molecule has 3 aromatic rings. The van der Waals surface area contributed by atoms with E-state index < -0.39 is 5.97 Å². The van der Waals surface area contributed by atoms with Crippen LogP contribution in [0.1, 0.15) is 28.4 Å². The van der Waals surface area contributed by atoms with Crippen LogP contribution in [0, 0.1) is 13.8 Å². The maximum absolute atomic E-state index is 12.9. The zero-order chi connectivity index (χ0) is 18.1. The number of fused-ring (bicyclic) bond motifs is 1. The van der Waals surface area contributed by atoms with Crippen molar-refractivity contribution in [1.29, 1.82) is 0 Å². The van der Waals surface area contributed by atoms with Crippen LogP contribution in [0.15, 0.2) is 41.5 Å². The number of ether oxygens (including phenoxy) is 1. The van der Waals surface area contributed by atoms with E-state index in [-0.39, 0.29) is 12.2 Å². The second-order valence-electron chi connectivity index (χ2n) is 5.68. The standard InChI is InChI=1S/C19H17ClN2O3/c1-4-25-19(24)16-11(2)9-13-17(12(16)3)21-10-22(18(13)23)15-8-6-5-7-14(15)20/h5-10H,4H2,1-3H3. The van der Waals surface area contributed by atoms with E-state index >= 15 is 0 Å².